The first-order valence-corrected chi connectivity index (χ1v) is 7.96. The van der Waals surface area contributed by atoms with Gasteiger partial charge in [0.15, 0.2) is 0 Å². The van der Waals surface area contributed by atoms with Crippen LogP contribution in [0.2, 0.25) is 0 Å². The van der Waals surface area contributed by atoms with E-state index in [1.807, 2.05) is 11.8 Å². The molecular weight excluding hydrogens is 323 g/mol. The Morgan fingerprint density at radius 3 is 2.58 bits per heavy atom. The Morgan fingerprint density at radius 1 is 1.29 bits per heavy atom. The molecule has 0 aliphatic carbocycles. The maximum absolute atomic E-state index is 12.6. The van der Waals surface area contributed by atoms with Crippen molar-refractivity contribution in [1.82, 2.24) is 9.88 Å². The molecule has 2 rings (SSSR count). The molecule has 1 aromatic heterocycles. The number of hydrogen-bond acceptors (Lipinski definition) is 4. The second-order valence-electron chi connectivity index (χ2n) is 5.70. The Balaban J connectivity index is 2.01. The third-order valence-electron chi connectivity index (χ3n) is 4.14. The number of carbonyl (C=O) groups is 1. The highest BCUT2D eigenvalue weighted by atomic mass is 19.4. The quantitative estimate of drug-likeness (QED) is 0.841. The number of anilines is 1. The molecule has 1 fully saturated rings. The van der Waals surface area contributed by atoms with Gasteiger partial charge >= 0.3 is 6.18 Å². The van der Waals surface area contributed by atoms with Crippen LogP contribution in [0.1, 0.15) is 25.3 Å². The van der Waals surface area contributed by atoms with Crippen LogP contribution in [0, 0.1) is 0 Å². The fourth-order valence-corrected chi connectivity index (χ4v) is 2.75. The second-order valence-corrected chi connectivity index (χ2v) is 5.70. The van der Waals surface area contributed by atoms with E-state index in [0.717, 1.165) is 18.7 Å². The summed E-state index contributed by atoms with van der Waals surface area (Å²) in [5, 5.41) is 0. The van der Waals surface area contributed by atoms with Crippen LogP contribution in [0.3, 0.4) is 0 Å². The molecule has 1 unspecified atom stereocenters. The summed E-state index contributed by atoms with van der Waals surface area (Å²) in [6.07, 6.45) is -2.64. The van der Waals surface area contributed by atoms with E-state index < -0.39 is 17.8 Å². The first-order chi connectivity index (χ1) is 11.4. The number of nitrogens with zero attached hydrogens (tertiary/aromatic N) is 3. The lowest BCUT2D eigenvalue weighted by Gasteiger charge is -2.25. The molecule has 0 radical (unpaired) electrons. The van der Waals surface area contributed by atoms with Gasteiger partial charge in [0.25, 0.3) is 5.91 Å². The lowest BCUT2D eigenvalue weighted by molar-refractivity contribution is -0.142. The topological polar surface area (TPSA) is 45.7 Å². The minimum Gasteiger partial charge on any atom is -0.372 e. The number of hydrogen-bond donors (Lipinski definition) is 0. The van der Waals surface area contributed by atoms with E-state index in [-0.39, 0.29) is 5.91 Å². The van der Waals surface area contributed by atoms with Gasteiger partial charge in [-0.05, 0) is 25.0 Å². The fraction of sp³-hybridized carbons (Fsp3) is 0.625. The lowest BCUT2D eigenvalue weighted by atomic mass is 10.2. The van der Waals surface area contributed by atoms with Crippen LogP contribution in [0.15, 0.2) is 18.3 Å². The van der Waals surface area contributed by atoms with Crippen LogP contribution >= 0.6 is 0 Å². The van der Waals surface area contributed by atoms with Gasteiger partial charge in [-0.15, -0.1) is 0 Å². The molecule has 24 heavy (non-hydrogen) atoms. The monoisotopic (exact) mass is 345 g/mol. The van der Waals surface area contributed by atoms with Gasteiger partial charge in [0.1, 0.15) is 11.9 Å². The van der Waals surface area contributed by atoms with Crippen molar-refractivity contribution in [2.75, 3.05) is 38.2 Å². The van der Waals surface area contributed by atoms with E-state index in [0.29, 0.717) is 38.4 Å². The summed E-state index contributed by atoms with van der Waals surface area (Å²) in [6.45, 7) is 4.18. The minimum absolute atomic E-state index is 0.0396. The Kier molecular flexibility index (Phi) is 6.04. The van der Waals surface area contributed by atoms with Crippen LogP contribution < -0.4 is 4.90 Å². The first kappa shape index (κ1) is 18.5. The molecule has 0 N–H and O–H groups in total. The van der Waals surface area contributed by atoms with Crippen LogP contribution in [0.5, 0.6) is 0 Å². The Labute approximate surface area is 139 Å². The van der Waals surface area contributed by atoms with Gasteiger partial charge < -0.3 is 14.5 Å². The summed E-state index contributed by atoms with van der Waals surface area (Å²) in [6, 6.07) is 2.42. The molecular formula is C16H22F3N3O2. The molecule has 1 atom stereocenters. The van der Waals surface area contributed by atoms with Gasteiger partial charge in [0.05, 0.1) is 5.56 Å². The molecule has 1 aliphatic rings. The third kappa shape index (κ3) is 4.37. The van der Waals surface area contributed by atoms with Crippen molar-refractivity contribution in [3.05, 3.63) is 23.9 Å². The van der Waals surface area contributed by atoms with E-state index in [4.69, 9.17) is 4.74 Å². The highest BCUT2D eigenvalue weighted by Crippen LogP contribution is 2.29. The van der Waals surface area contributed by atoms with Gasteiger partial charge in [-0.3, -0.25) is 4.79 Å². The van der Waals surface area contributed by atoms with Gasteiger partial charge in [0.2, 0.25) is 0 Å². The lowest BCUT2D eigenvalue weighted by Crippen LogP contribution is -2.42. The van der Waals surface area contributed by atoms with Crippen molar-refractivity contribution in [3.63, 3.8) is 0 Å². The summed E-state index contributed by atoms with van der Waals surface area (Å²) >= 11 is 0. The first-order valence-electron chi connectivity index (χ1n) is 7.96. The Hall–Kier alpha value is -1.83. The molecule has 134 valence electrons. The third-order valence-corrected chi connectivity index (χ3v) is 4.14. The van der Waals surface area contributed by atoms with Crippen molar-refractivity contribution >= 4 is 11.7 Å². The molecule has 1 saturated heterocycles. The molecule has 1 amide bonds. The summed E-state index contributed by atoms with van der Waals surface area (Å²) in [7, 11) is 1.52. The number of pyridine rings is 1. The average molecular weight is 345 g/mol. The zero-order chi connectivity index (χ0) is 17.7. The van der Waals surface area contributed by atoms with Crippen LogP contribution in [-0.4, -0.2) is 55.2 Å². The molecule has 0 saturated carbocycles. The smallest absolute Gasteiger partial charge is 0.372 e. The highest BCUT2D eigenvalue weighted by Gasteiger charge is 2.31. The van der Waals surface area contributed by atoms with Gasteiger partial charge in [-0.2, -0.15) is 13.2 Å². The Bertz CT molecular complexity index is 544. The van der Waals surface area contributed by atoms with E-state index in [9.17, 15) is 18.0 Å². The van der Waals surface area contributed by atoms with E-state index in [1.165, 1.54) is 13.2 Å². The number of ether oxygens (including phenoxy) is 1. The number of methoxy groups -OCH3 is 1. The molecule has 1 aliphatic heterocycles. The summed E-state index contributed by atoms with van der Waals surface area (Å²) in [5.74, 6) is 0.457. The summed E-state index contributed by atoms with van der Waals surface area (Å²) < 4.78 is 43.0. The maximum atomic E-state index is 12.6. The van der Waals surface area contributed by atoms with E-state index in [1.54, 1.807) is 4.90 Å². The molecule has 0 spiro atoms. The van der Waals surface area contributed by atoms with E-state index in [2.05, 4.69) is 4.98 Å². The number of amides is 1. The molecule has 2 heterocycles. The number of aromatic nitrogens is 1. The standard InChI is InChI=1S/C16H22F3N3O2/c1-3-13(24-2)15(23)22-8-4-7-21(9-10-22)14-6-5-12(11-20-14)16(17,18)19/h5-6,11,13H,3-4,7-10H2,1-2H3. The largest absolute Gasteiger partial charge is 0.417 e. The number of rotatable bonds is 4. The van der Waals surface area contributed by atoms with Gasteiger partial charge in [-0.1, -0.05) is 6.92 Å². The van der Waals surface area contributed by atoms with Crippen molar-refractivity contribution in [3.8, 4) is 0 Å². The number of carbonyl (C=O) groups excluding carboxylic acids is 1. The van der Waals surface area contributed by atoms with Crippen molar-refractivity contribution in [2.24, 2.45) is 0 Å². The van der Waals surface area contributed by atoms with Crippen LogP contribution in [0.25, 0.3) is 0 Å². The second kappa shape index (κ2) is 7.83. The fourth-order valence-electron chi connectivity index (χ4n) is 2.75. The zero-order valence-corrected chi connectivity index (χ0v) is 13.8. The molecule has 5 nitrogen and oxygen atoms in total. The van der Waals surface area contributed by atoms with Crippen molar-refractivity contribution < 1.29 is 22.7 Å². The van der Waals surface area contributed by atoms with Crippen molar-refractivity contribution in [1.29, 1.82) is 0 Å². The molecule has 8 heteroatoms. The predicted molar refractivity (Wildman–Crippen MR) is 83.7 cm³/mol. The van der Waals surface area contributed by atoms with Crippen LogP contribution in [-0.2, 0) is 15.7 Å². The predicted octanol–water partition coefficient (Wildman–Crippen LogP) is 2.56. The normalized spacial score (nSPS) is 17.5. The minimum atomic E-state index is -4.39. The number of alkyl halides is 3. The van der Waals surface area contributed by atoms with Crippen LogP contribution in [0.4, 0.5) is 19.0 Å². The average Bonchev–Trinajstić information content (AvgIpc) is 2.81. The summed E-state index contributed by atoms with van der Waals surface area (Å²) in [5.41, 5.74) is -0.760. The molecule has 0 bridgehead atoms. The SMILES string of the molecule is CCC(OC)C(=O)N1CCCN(c2ccc(C(F)(F)F)cn2)CC1. The van der Waals surface area contributed by atoms with E-state index >= 15 is 0 Å². The highest BCUT2D eigenvalue weighted by molar-refractivity contribution is 5.81. The molecule has 1 aromatic rings. The Morgan fingerprint density at radius 2 is 2.04 bits per heavy atom. The number of halogens is 3. The maximum Gasteiger partial charge on any atom is 0.417 e. The van der Waals surface area contributed by atoms with Crippen molar-refractivity contribution in [2.45, 2.75) is 32.0 Å². The zero-order valence-electron chi connectivity index (χ0n) is 13.8. The van der Waals surface area contributed by atoms with Gasteiger partial charge in [-0.25, -0.2) is 4.98 Å². The summed E-state index contributed by atoms with van der Waals surface area (Å²) in [4.78, 5) is 19.9. The molecule has 0 aromatic carbocycles. The van der Waals surface area contributed by atoms with Gasteiger partial charge in [0, 0.05) is 39.5 Å².